The Hall–Kier alpha value is -3.04. The number of rotatable bonds is 5. The highest BCUT2D eigenvalue weighted by Gasteiger charge is 2.34. The fourth-order valence-electron chi connectivity index (χ4n) is 3.49. The summed E-state index contributed by atoms with van der Waals surface area (Å²) in [6.45, 7) is 4.10. The first-order valence-electron chi connectivity index (χ1n) is 9.96. The van der Waals surface area contributed by atoms with Crippen molar-refractivity contribution in [1.29, 1.82) is 0 Å². The second-order valence-electron chi connectivity index (χ2n) is 7.96. The van der Waals surface area contributed by atoms with Crippen LogP contribution in [-0.2, 0) is 4.79 Å². The van der Waals surface area contributed by atoms with Crippen molar-refractivity contribution in [3.8, 4) is 11.3 Å². The van der Waals surface area contributed by atoms with Crippen molar-refractivity contribution in [2.24, 2.45) is 5.92 Å². The van der Waals surface area contributed by atoms with Gasteiger partial charge in [-0.3, -0.25) is 10.2 Å². The van der Waals surface area contributed by atoms with Crippen LogP contribution in [0.25, 0.3) is 22.3 Å². The first-order chi connectivity index (χ1) is 14.1. The van der Waals surface area contributed by atoms with E-state index in [2.05, 4.69) is 55.3 Å². The van der Waals surface area contributed by atoms with Crippen molar-refractivity contribution in [2.75, 3.05) is 10.6 Å². The molecule has 1 saturated carbocycles. The molecule has 0 aromatic carbocycles. The number of hydrazine groups is 1. The predicted molar refractivity (Wildman–Crippen MR) is 111 cm³/mol. The predicted octanol–water partition coefficient (Wildman–Crippen LogP) is 2.03. The minimum absolute atomic E-state index is 0.0709. The lowest BCUT2D eigenvalue weighted by Crippen LogP contribution is -2.41. The van der Waals surface area contributed by atoms with Crippen LogP contribution in [-0.4, -0.2) is 44.0 Å². The number of pyridine rings is 1. The van der Waals surface area contributed by atoms with Crippen molar-refractivity contribution >= 4 is 28.6 Å². The van der Waals surface area contributed by atoms with Crippen LogP contribution in [0.2, 0.25) is 0 Å². The van der Waals surface area contributed by atoms with Gasteiger partial charge in [0, 0.05) is 35.4 Å². The second kappa shape index (κ2) is 7.09. The summed E-state index contributed by atoms with van der Waals surface area (Å²) in [7, 11) is 0. The molecule has 5 rings (SSSR count). The molecule has 2 aliphatic rings. The smallest absolute Gasteiger partial charge is 0.243 e. The molecule has 0 radical (unpaired) electrons. The molecule has 150 valence electrons. The summed E-state index contributed by atoms with van der Waals surface area (Å²) in [6, 6.07) is 4.40. The van der Waals surface area contributed by atoms with E-state index in [1.807, 2.05) is 12.1 Å². The number of fused-ring (bicyclic) bond motifs is 1. The van der Waals surface area contributed by atoms with Crippen LogP contribution >= 0.6 is 0 Å². The van der Waals surface area contributed by atoms with Gasteiger partial charge >= 0.3 is 0 Å². The average molecular weight is 392 g/mol. The monoisotopic (exact) mass is 392 g/mol. The zero-order valence-corrected chi connectivity index (χ0v) is 16.4. The van der Waals surface area contributed by atoms with E-state index >= 15 is 0 Å². The van der Waals surface area contributed by atoms with Crippen molar-refractivity contribution < 1.29 is 4.79 Å². The Bertz CT molecular complexity index is 1040. The van der Waals surface area contributed by atoms with E-state index < -0.39 is 0 Å². The number of hydrogen-bond acceptors (Lipinski definition) is 7. The number of nitrogens with zero attached hydrogens (tertiary/aromatic N) is 3. The van der Waals surface area contributed by atoms with Gasteiger partial charge in [0.2, 0.25) is 11.9 Å². The Kier molecular flexibility index (Phi) is 4.40. The first-order valence-corrected chi connectivity index (χ1v) is 9.96. The van der Waals surface area contributed by atoms with Crippen LogP contribution in [0, 0.1) is 5.92 Å². The van der Waals surface area contributed by atoms with Gasteiger partial charge in [0.05, 0.1) is 17.6 Å². The number of H-pyrrole nitrogens is 1. The molecule has 1 aliphatic heterocycles. The normalized spacial score (nSPS) is 24.0. The molecule has 4 heterocycles. The van der Waals surface area contributed by atoms with Gasteiger partial charge in [0.1, 0.15) is 11.7 Å². The highest BCUT2D eigenvalue weighted by atomic mass is 16.2. The molecule has 0 spiro atoms. The summed E-state index contributed by atoms with van der Waals surface area (Å²) in [5, 5.41) is 7.15. The van der Waals surface area contributed by atoms with E-state index in [-0.39, 0.29) is 23.9 Å². The van der Waals surface area contributed by atoms with Crippen LogP contribution in [0.4, 0.5) is 11.6 Å². The molecule has 3 atom stereocenters. The van der Waals surface area contributed by atoms with Crippen LogP contribution in [0.3, 0.4) is 0 Å². The Labute approximate surface area is 168 Å². The lowest BCUT2D eigenvalue weighted by Gasteiger charge is -2.15. The van der Waals surface area contributed by atoms with Crippen LogP contribution in [0.15, 0.2) is 30.7 Å². The molecule has 3 unspecified atom stereocenters. The average Bonchev–Trinajstić information content (AvgIpc) is 3.33. The molecule has 29 heavy (non-hydrogen) atoms. The fraction of sp³-hybridized carbons (Fsp3) is 0.400. The molecular formula is C20H24N8O. The molecule has 3 aromatic rings. The van der Waals surface area contributed by atoms with E-state index in [4.69, 9.17) is 0 Å². The Morgan fingerprint density at radius 1 is 1.07 bits per heavy atom. The molecule has 1 saturated heterocycles. The topological polar surface area (TPSA) is 120 Å². The second-order valence-corrected chi connectivity index (χ2v) is 7.96. The molecule has 3 aromatic heterocycles. The Morgan fingerprint density at radius 3 is 2.55 bits per heavy atom. The largest absolute Gasteiger partial charge is 0.351 e. The van der Waals surface area contributed by atoms with Crippen molar-refractivity contribution in [3.63, 3.8) is 0 Å². The molecule has 5 N–H and O–H groups in total. The lowest BCUT2D eigenvalue weighted by atomic mass is 9.97. The van der Waals surface area contributed by atoms with Gasteiger partial charge in [0.15, 0.2) is 0 Å². The Morgan fingerprint density at radius 2 is 1.86 bits per heavy atom. The molecule has 1 amide bonds. The third kappa shape index (κ3) is 3.66. The number of aromatic nitrogens is 4. The summed E-state index contributed by atoms with van der Waals surface area (Å²) in [5.41, 5.74) is 9.35. The van der Waals surface area contributed by atoms with Gasteiger partial charge in [0.25, 0.3) is 0 Å². The van der Waals surface area contributed by atoms with Crippen LogP contribution < -0.4 is 21.5 Å². The zero-order valence-electron chi connectivity index (χ0n) is 16.4. The summed E-state index contributed by atoms with van der Waals surface area (Å²) < 4.78 is 0. The van der Waals surface area contributed by atoms with Crippen molar-refractivity contribution in [2.45, 2.75) is 44.8 Å². The van der Waals surface area contributed by atoms with Crippen LogP contribution in [0.5, 0.6) is 0 Å². The summed E-state index contributed by atoms with van der Waals surface area (Å²) in [5.74, 6) is 0.787. The number of aromatic amines is 1. The molecule has 1 aliphatic carbocycles. The van der Waals surface area contributed by atoms with Gasteiger partial charge < -0.3 is 15.6 Å². The summed E-state index contributed by atoms with van der Waals surface area (Å²) in [6.07, 6.45) is 7.63. The Balaban J connectivity index is 1.32. The van der Waals surface area contributed by atoms with Gasteiger partial charge in [-0.05, 0) is 37.8 Å². The lowest BCUT2D eigenvalue weighted by molar-refractivity contribution is -0.118. The van der Waals surface area contributed by atoms with E-state index in [1.54, 1.807) is 18.6 Å². The highest BCUT2D eigenvalue weighted by Crippen LogP contribution is 2.26. The fourth-order valence-corrected chi connectivity index (χ4v) is 3.49. The number of hydrogen-bond donors (Lipinski definition) is 5. The van der Waals surface area contributed by atoms with Gasteiger partial charge in [-0.1, -0.05) is 6.92 Å². The van der Waals surface area contributed by atoms with Crippen molar-refractivity contribution in [1.82, 2.24) is 30.8 Å². The number of nitrogens with one attached hydrogen (secondary N) is 5. The number of amides is 1. The number of carbonyl (C=O) groups is 1. The van der Waals surface area contributed by atoms with Gasteiger partial charge in [-0.25, -0.2) is 20.4 Å². The number of anilines is 2. The minimum atomic E-state index is -0.276. The van der Waals surface area contributed by atoms with E-state index in [1.165, 1.54) is 12.8 Å². The quantitative estimate of drug-likeness (QED) is 0.451. The van der Waals surface area contributed by atoms with E-state index in [0.29, 0.717) is 17.7 Å². The maximum absolute atomic E-state index is 12.6. The third-order valence-corrected chi connectivity index (χ3v) is 5.67. The molecule has 9 heteroatoms. The molecular weight excluding hydrogens is 368 g/mol. The minimum Gasteiger partial charge on any atom is -0.351 e. The summed E-state index contributed by atoms with van der Waals surface area (Å²) in [4.78, 5) is 29.1. The molecule has 0 bridgehead atoms. The third-order valence-electron chi connectivity index (χ3n) is 5.67. The van der Waals surface area contributed by atoms with Gasteiger partial charge in [-0.2, -0.15) is 0 Å². The summed E-state index contributed by atoms with van der Waals surface area (Å²) >= 11 is 0. The van der Waals surface area contributed by atoms with Crippen LogP contribution in [0.1, 0.15) is 26.7 Å². The number of carbonyl (C=O) groups excluding carboxylic acids is 1. The SMILES string of the molecule is CC1NNC(C(=O)Nc2cnc3[nH]c(-c4cnc(NC5CC5)nc4)cc3c2)C1C. The van der Waals surface area contributed by atoms with Crippen molar-refractivity contribution in [3.05, 3.63) is 30.7 Å². The highest BCUT2D eigenvalue weighted by molar-refractivity contribution is 5.97. The maximum Gasteiger partial charge on any atom is 0.243 e. The molecule has 2 fully saturated rings. The molecule has 9 nitrogen and oxygen atoms in total. The van der Waals surface area contributed by atoms with E-state index in [9.17, 15) is 4.79 Å². The standard InChI is InChI=1S/C20H24N8O/c1-10-11(2)27-28-17(10)19(29)24-15-5-12-6-16(26-18(12)21-9-15)13-7-22-20(23-8-13)25-14-3-4-14/h5-11,14,17,27-28H,3-4H2,1-2H3,(H,21,26)(H,24,29)(H,22,23,25). The van der Waals surface area contributed by atoms with Gasteiger partial charge in [-0.15, -0.1) is 0 Å². The zero-order chi connectivity index (χ0) is 20.0. The first kappa shape index (κ1) is 18.0. The maximum atomic E-state index is 12.6. The van der Waals surface area contributed by atoms with E-state index in [0.717, 1.165) is 22.3 Å².